The molecule has 0 saturated heterocycles. The summed E-state index contributed by atoms with van der Waals surface area (Å²) in [6.45, 7) is 0. The monoisotopic (exact) mass is 253 g/mol. The summed E-state index contributed by atoms with van der Waals surface area (Å²) in [5.41, 5.74) is 0.764. The maximum absolute atomic E-state index is 12.5. The minimum atomic E-state index is 0.00481. The number of hydrogen-bond acceptors (Lipinski definition) is 3. The second-order valence-corrected chi connectivity index (χ2v) is 5.12. The van der Waals surface area contributed by atoms with E-state index in [0.717, 1.165) is 15.0 Å². The summed E-state index contributed by atoms with van der Waals surface area (Å²) in [6, 6.07) is 13.2. The molecule has 0 aliphatic rings. The van der Waals surface area contributed by atoms with Crippen LogP contribution in [-0.4, -0.2) is 6.29 Å². The molecule has 0 spiro atoms. The van der Waals surface area contributed by atoms with Crippen molar-refractivity contribution in [2.24, 2.45) is 0 Å². The fraction of sp³-hybridized carbons (Fsp3) is 0.0667. The van der Waals surface area contributed by atoms with E-state index in [1.807, 2.05) is 48.8 Å². The molecular formula is C15H9O2S. The number of hydrogen-bond donors (Lipinski definition) is 0. The van der Waals surface area contributed by atoms with Crippen molar-refractivity contribution in [3.63, 3.8) is 0 Å². The summed E-state index contributed by atoms with van der Waals surface area (Å²) in [4.78, 5) is 23.0. The molecule has 87 valence electrons. The fourth-order valence-electron chi connectivity index (χ4n) is 2.14. The number of benzene rings is 2. The van der Waals surface area contributed by atoms with Crippen molar-refractivity contribution in [1.29, 1.82) is 0 Å². The molecule has 1 heterocycles. The molecule has 0 unspecified atom stereocenters. The van der Waals surface area contributed by atoms with Crippen LogP contribution in [0.1, 0.15) is 5.56 Å². The topological polar surface area (TPSA) is 34.1 Å². The second kappa shape index (κ2) is 4.35. The van der Waals surface area contributed by atoms with Gasteiger partial charge in [-0.15, -0.1) is 11.3 Å². The smallest absolute Gasteiger partial charge is 0.203 e. The van der Waals surface area contributed by atoms with Crippen LogP contribution in [0.15, 0.2) is 47.3 Å². The summed E-state index contributed by atoms with van der Waals surface area (Å²) >= 11 is 1.58. The van der Waals surface area contributed by atoms with Gasteiger partial charge in [-0.05, 0) is 23.8 Å². The van der Waals surface area contributed by atoms with Gasteiger partial charge in [0.1, 0.15) is 0 Å². The van der Waals surface area contributed by atoms with E-state index in [2.05, 4.69) is 0 Å². The highest BCUT2D eigenvalue weighted by Crippen LogP contribution is 2.26. The normalized spacial score (nSPS) is 10.9. The minimum Gasteiger partial charge on any atom is -0.291 e. The molecule has 0 atom stereocenters. The number of fused-ring (bicyclic) bond motifs is 2. The highest BCUT2D eigenvalue weighted by atomic mass is 32.1. The Labute approximate surface area is 107 Å². The molecule has 0 N–H and O–H groups in total. The Bertz CT molecular complexity index is 802. The lowest BCUT2D eigenvalue weighted by Gasteiger charge is -2.04. The first-order chi connectivity index (χ1) is 8.81. The van der Waals surface area contributed by atoms with Crippen LogP contribution in [0.3, 0.4) is 0 Å². The molecule has 3 aromatic rings. The number of rotatable bonds is 2. The van der Waals surface area contributed by atoms with E-state index >= 15 is 0 Å². The highest BCUT2D eigenvalue weighted by molar-refractivity contribution is 7.24. The van der Waals surface area contributed by atoms with Crippen molar-refractivity contribution in [1.82, 2.24) is 0 Å². The van der Waals surface area contributed by atoms with Crippen molar-refractivity contribution >= 4 is 37.8 Å². The van der Waals surface area contributed by atoms with Crippen LogP contribution in [-0.2, 0) is 11.2 Å². The van der Waals surface area contributed by atoms with E-state index in [1.54, 1.807) is 11.3 Å². The zero-order valence-electron chi connectivity index (χ0n) is 9.47. The SMILES string of the molecule is O=[C]Cc1cccc2sc3ccccc3c(=O)c12. The molecule has 18 heavy (non-hydrogen) atoms. The standard InChI is InChI=1S/C15H9O2S/c16-9-8-10-4-3-7-13-14(10)15(17)11-5-1-2-6-12(11)18-13/h1-7H,8H2. The van der Waals surface area contributed by atoms with Gasteiger partial charge in [-0.25, -0.2) is 0 Å². The zero-order chi connectivity index (χ0) is 12.5. The van der Waals surface area contributed by atoms with E-state index < -0.39 is 0 Å². The van der Waals surface area contributed by atoms with Gasteiger partial charge in [0.15, 0.2) is 5.43 Å². The van der Waals surface area contributed by atoms with Crippen LogP contribution < -0.4 is 5.43 Å². The first-order valence-electron chi connectivity index (χ1n) is 5.59. The van der Waals surface area contributed by atoms with E-state index in [9.17, 15) is 9.59 Å². The van der Waals surface area contributed by atoms with E-state index in [0.29, 0.717) is 10.8 Å². The van der Waals surface area contributed by atoms with Gasteiger partial charge in [-0.3, -0.25) is 9.59 Å². The average Bonchev–Trinajstić information content (AvgIpc) is 2.39. The first-order valence-corrected chi connectivity index (χ1v) is 6.41. The molecular weight excluding hydrogens is 244 g/mol. The van der Waals surface area contributed by atoms with Crippen LogP contribution in [0.25, 0.3) is 20.2 Å². The Kier molecular flexibility index (Phi) is 2.68. The zero-order valence-corrected chi connectivity index (χ0v) is 10.3. The van der Waals surface area contributed by atoms with Gasteiger partial charge >= 0.3 is 0 Å². The lowest BCUT2D eigenvalue weighted by molar-refractivity contribution is 0.555. The van der Waals surface area contributed by atoms with Crippen molar-refractivity contribution in [3.05, 3.63) is 58.3 Å². The summed E-state index contributed by atoms with van der Waals surface area (Å²) in [5, 5.41) is 1.37. The Hall–Kier alpha value is -2.00. The third kappa shape index (κ3) is 1.64. The largest absolute Gasteiger partial charge is 0.291 e. The molecule has 3 heteroatoms. The van der Waals surface area contributed by atoms with Gasteiger partial charge in [0.25, 0.3) is 0 Å². The third-order valence-electron chi connectivity index (χ3n) is 2.95. The highest BCUT2D eigenvalue weighted by Gasteiger charge is 2.09. The van der Waals surface area contributed by atoms with Crippen LogP contribution in [0, 0.1) is 0 Å². The van der Waals surface area contributed by atoms with Gasteiger partial charge in [0.2, 0.25) is 6.29 Å². The van der Waals surface area contributed by atoms with Crippen molar-refractivity contribution in [3.8, 4) is 0 Å². The lowest BCUT2D eigenvalue weighted by atomic mass is 10.1. The summed E-state index contributed by atoms with van der Waals surface area (Å²) in [7, 11) is 0. The predicted molar refractivity (Wildman–Crippen MR) is 75.0 cm³/mol. The lowest BCUT2D eigenvalue weighted by Crippen LogP contribution is -2.04. The van der Waals surface area contributed by atoms with Gasteiger partial charge in [-0.1, -0.05) is 24.3 Å². The molecule has 2 aromatic carbocycles. The van der Waals surface area contributed by atoms with Crippen molar-refractivity contribution < 1.29 is 4.79 Å². The quantitative estimate of drug-likeness (QED) is 0.658. The fourth-order valence-corrected chi connectivity index (χ4v) is 3.27. The Balaban J connectivity index is 2.53. The average molecular weight is 253 g/mol. The minimum absolute atomic E-state index is 0.00481. The molecule has 0 saturated carbocycles. The van der Waals surface area contributed by atoms with E-state index in [4.69, 9.17) is 0 Å². The molecule has 0 bridgehead atoms. The third-order valence-corrected chi connectivity index (χ3v) is 4.09. The maximum Gasteiger partial charge on any atom is 0.203 e. The first kappa shape index (κ1) is 11.1. The second-order valence-electron chi connectivity index (χ2n) is 4.04. The van der Waals surface area contributed by atoms with Gasteiger partial charge in [0.05, 0.1) is 0 Å². The van der Waals surface area contributed by atoms with Gasteiger partial charge in [-0.2, -0.15) is 0 Å². The Morgan fingerprint density at radius 2 is 1.78 bits per heavy atom. The Morgan fingerprint density at radius 1 is 1.00 bits per heavy atom. The van der Waals surface area contributed by atoms with E-state index in [1.165, 1.54) is 0 Å². The van der Waals surface area contributed by atoms with Crippen LogP contribution >= 0.6 is 11.3 Å². The molecule has 0 aliphatic heterocycles. The number of carbonyl (C=O) groups excluding carboxylic acids is 1. The van der Waals surface area contributed by atoms with Gasteiger partial charge in [0, 0.05) is 26.6 Å². The van der Waals surface area contributed by atoms with Crippen LogP contribution in [0.2, 0.25) is 0 Å². The predicted octanol–water partition coefficient (Wildman–Crippen LogP) is 3.07. The van der Waals surface area contributed by atoms with Crippen LogP contribution in [0.4, 0.5) is 0 Å². The molecule has 0 aliphatic carbocycles. The summed E-state index contributed by atoms with van der Waals surface area (Å²) in [6.07, 6.45) is 2.03. The van der Waals surface area contributed by atoms with E-state index in [-0.39, 0.29) is 11.8 Å². The molecule has 1 aromatic heterocycles. The molecule has 0 amide bonds. The van der Waals surface area contributed by atoms with Crippen molar-refractivity contribution in [2.75, 3.05) is 0 Å². The van der Waals surface area contributed by atoms with Crippen molar-refractivity contribution in [2.45, 2.75) is 6.42 Å². The van der Waals surface area contributed by atoms with Crippen LogP contribution in [0.5, 0.6) is 0 Å². The summed E-state index contributed by atoms with van der Waals surface area (Å²) in [5.74, 6) is 0. The molecule has 3 rings (SSSR count). The Morgan fingerprint density at radius 3 is 2.61 bits per heavy atom. The van der Waals surface area contributed by atoms with Gasteiger partial charge < -0.3 is 0 Å². The molecule has 1 radical (unpaired) electrons. The molecule has 2 nitrogen and oxygen atoms in total. The summed E-state index contributed by atoms with van der Waals surface area (Å²) < 4.78 is 1.90. The maximum atomic E-state index is 12.5. The molecule has 0 fully saturated rings.